The van der Waals surface area contributed by atoms with Crippen molar-refractivity contribution in [1.82, 2.24) is 0 Å². The number of benzene rings is 1. The van der Waals surface area contributed by atoms with Gasteiger partial charge in [-0.1, -0.05) is 18.2 Å². The van der Waals surface area contributed by atoms with Gasteiger partial charge in [0, 0.05) is 10.9 Å². The van der Waals surface area contributed by atoms with Crippen LogP contribution in [0.25, 0.3) is 11.0 Å². The molecule has 0 fully saturated rings. The van der Waals surface area contributed by atoms with E-state index in [-0.39, 0.29) is 12.2 Å². The normalized spacial score (nSPS) is 10.4. The minimum atomic E-state index is -1.03. The van der Waals surface area contributed by atoms with E-state index in [1.54, 1.807) is 24.3 Å². The average molecular weight is 234 g/mol. The maximum Gasteiger partial charge on any atom is 0.379 e. The number of ether oxygens (including phenoxy) is 1. The Hall–Kier alpha value is -2.30. The molecule has 17 heavy (non-hydrogen) atoms. The molecule has 0 amide bonds. The Morgan fingerprint density at radius 2 is 2.12 bits per heavy atom. The number of carboxylic acids is 1. The summed E-state index contributed by atoms with van der Waals surface area (Å²) >= 11 is 0. The number of carbonyl (C=O) groups is 1. The standard InChI is InChI=1S/C12H10O5/c1-16-11-8(6-10(13)14)7-4-2-3-5-9(7)17-12(11)15/h2-5H,6H2,1H3,(H,13,14). The molecule has 1 aromatic heterocycles. The predicted octanol–water partition coefficient (Wildman–Crippen LogP) is 1.43. The first-order valence-electron chi connectivity index (χ1n) is 4.94. The monoisotopic (exact) mass is 234 g/mol. The Bertz CT molecular complexity index is 626. The number of hydrogen-bond acceptors (Lipinski definition) is 4. The Labute approximate surface area is 96.2 Å². The zero-order chi connectivity index (χ0) is 12.4. The van der Waals surface area contributed by atoms with Gasteiger partial charge in [-0.2, -0.15) is 0 Å². The summed E-state index contributed by atoms with van der Waals surface area (Å²) in [5.74, 6) is -1.08. The molecule has 1 heterocycles. The molecule has 0 atom stereocenters. The average Bonchev–Trinajstić information content (AvgIpc) is 2.28. The number of hydrogen-bond donors (Lipinski definition) is 1. The lowest BCUT2D eigenvalue weighted by atomic mass is 10.1. The predicted molar refractivity (Wildman–Crippen MR) is 60.4 cm³/mol. The van der Waals surface area contributed by atoms with Crippen molar-refractivity contribution < 1.29 is 19.1 Å². The fourth-order valence-corrected chi connectivity index (χ4v) is 1.73. The summed E-state index contributed by atoms with van der Waals surface area (Å²) < 4.78 is 9.95. The number of methoxy groups -OCH3 is 1. The van der Waals surface area contributed by atoms with Crippen LogP contribution in [0.4, 0.5) is 0 Å². The highest BCUT2D eigenvalue weighted by Gasteiger charge is 2.17. The van der Waals surface area contributed by atoms with Crippen molar-refractivity contribution in [1.29, 1.82) is 0 Å². The minimum Gasteiger partial charge on any atom is -0.490 e. The highest BCUT2D eigenvalue weighted by Crippen LogP contribution is 2.24. The second kappa shape index (κ2) is 4.29. The van der Waals surface area contributed by atoms with Crippen molar-refractivity contribution in [2.75, 3.05) is 7.11 Å². The minimum absolute atomic E-state index is 0.0499. The highest BCUT2D eigenvalue weighted by atomic mass is 16.5. The zero-order valence-corrected chi connectivity index (χ0v) is 9.10. The van der Waals surface area contributed by atoms with Gasteiger partial charge in [0.2, 0.25) is 5.75 Å². The highest BCUT2D eigenvalue weighted by molar-refractivity contribution is 5.86. The van der Waals surface area contributed by atoms with Crippen LogP contribution in [0.2, 0.25) is 0 Å². The SMILES string of the molecule is COc1c(CC(=O)O)c2ccccc2oc1=O. The van der Waals surface area contributed by atoms with Gasteiger partial charge in [0.1, 0.15) is 5.58 Å². The Balaban J connectivity index is 2.81. The third kappa shape index (κ3) is 1.99. The molecule has 1 N–H and O–H groups in total. The Morgan fingerprint density at radius 1 is 1.41 bits per heavy atom. The van der Waals surface area contributed by atoms with Crippen LogP contribution in [0.15, 0.2) is 33.5 Å². The van der Waals surface area contributed by atoms with Crippen LogP contribution < -0.4 is 10.4 Å². The summed E-state index contributed by atoms with van der Waals surface area (Å²) in [7, 11) is 1.31. The lowest BCUT2D eigenvalue weighted by Gasteiger charge is -2.07. The molecule has 0 unspecified atom stereocenters. The fraction of sp³-hybridized carbons (Fsp3) is 0.167. The maximum absolute atomic E-state index is 11.6. The molecule has 0 aliphatic rings. The lowest BCUT2D eigenvalue weighted by molar-refractivity contribution is -0.136. The van der Waals surface area contributed by atoms with Gasteiger partial charge in [0.05, 0.1) is 13.5 Å². The van der Waals surface area contributed by atoms with Crippen molar-refractivity contribution in [2.45, 2.75) is 6.42 Å². The molecule has 0 saturated heterocycles. The van der Waals surface area contributed by atoms with E-state index in [1.165, 1.54) is 7.11 Å². The molecular weight excluding hydrogens is 224 g/mol. The van der Waals surface area contributed by atoms with Crippen LogP contribution in [-0.4, -0.2) is 18.2 Å². The number of fused-ring (bicyclic) bond motifs is 1. The summed E-state index contributed by atoms with van der Waals surface area (Å²) in [5, 5.41) is 9.42. The van der Waals surface area contributed by atoms with E-state index in [4.69, 9.17) is 14.3 Å². The largest absolute Gasteiger partial charge is 0.490 e. The van der Waals surface area contributed by atoms with Crippen LogP contribution in [0, 0.1) is 0 Å². The first-order chi connectivity index (χ1) is 8.13. The van der Waals surface area contributed by atoms with Crippen LogP contribution in [0.1, 0.15) is 5.56 Å². The summed E-state index contributed by atoms with van der Waals surface area (Å²) in [6.07, 6.45) is -0.282. The van der Waals surface area contributed by atoms with Crippen molar-refractivity contribution in [3.63, 3.8) is 0 Å². The first-order valence-corrected chi connectivity index (χ1v) is 4.94. The van der Waals surface area contributed by atoms with Gasteiger partial charge in [-0.25, -0.2) is 4.79 Å². The number of aliphatic carboxylic acids is 1. The second-order valence-corrected chi connectivity index (χ2v) is 3.47. The zero-order valence-electron chi connectivity index (χ0n) is 9.10. The molecule has 0 spiro atoms. The van der Waals surface area contributed by atoms with E-state index in [0.29, 0.717) is 16.5 Å². The molecule has 0 radical (unpaired) electrons. The number of para-hydroxylation sites is 1. The molecule has 0 bridgehead atoms. The molecular formula is C12H10O5. The van der Waals surface area contributed by atoms with Crippen molar-refractivity contribution >= 4 is 16.9 Å². The molecule has 0 saturated carbocycles. The first kappa shape index (κ1) is 11.2. The summed E-state index contributed by atoms with van der Waals surface area (Å²) in [6, 6.07) is 6.76. The third-order valence-electron chi connectivity index (χ3n) is 2.41. The van der Waals surface area contributed by atoms with Gasteiger partial charge in [0.15, 0.2) is 0 Å². The van der Waals surface area contributed by atoms with Crippen LogP contribution in [0.3, 0.4) is 0 Å². The topological polar surface area (TPSA) is 76.7 Å². The quantitative estimate of drug-likeness (QED) is 0.813. The Morgan fingerprint density at radius 3 is 2.76 bits per heavy atom. The second-order valence-electron chi connectivity index (χ2n) is 3.47. The third-order valence-corrected chi connectivity index (χ3v) is 2.41. The van der Waals surface area contributed by atoms with Crippen molar-refractivity contribution in [3.8, 4) is 5.75 Å². The molecule has 2 rings (SSSR count). The van der Waals surface area contributed by atoms with E-state index < -0.39 is 11.6 Å². The fourth-order valence-electron chi connectivity index (χ4n) is 1.73. The number of carboxylic acid groups (broad SMARTS) is 1. The molecule has 1 aromatic carbocycles. The molecule has 5 nitrogen and oxygen atoms in total. The molecule has 88 valence electrons. The van der Waals surface area contributed by atoms with E-state index >= 15 is 0 Å². The molecule has 5 heteroatoms. The van der Waals surface area contributed by atoms with Gasteiger partial charge in [0.25, 0.3) is 0 Å². The number of rotatable bonds is 3. The summed E-state index contributed by atoms with van der Waals surface area (Å²) in [5.41, 5.74) is 0.0313. The van der Waals surface area contributed by atoms with Gasteiger partial charge in [-0.05, 0) is 6.07 Å². The molecule has 0 aliphatic carbocycles. The van der Waals surface area contributed by atoms with Crippen molar-refractivity contribution in [3.05, 3.63) is 40.2 Å². The Kier molecular flexibility index (Phi) is 2.82. The van der Waals surface area contributed by atoms with Crippen molar-refractivity contribution in [2.24, 2.45) is 0 Å². The smallest absolute Gasteiger partial charge is 0.379 e. The summed E-state index contributed by atoms with van der Waals surface area (Å²) in [6.45, 7) is 0. The van der Waals surface area contributed by atoms with Crippen LogP contribution in [0.5, 0.6) is 5.75 Å². The molecule has 2 aromatic rings. The van der Waals surface area contributed by atoms with Gasteiger partial charge >= 0.3 is 11.6 Å². The van der Waals surface area contributed by atoms with Gasteiger partial charge in [-0.15, -0.1) is 0 Å². The van der Waals surface area contributed by atoms with E-state index in [1.807, 2.05) is 0 Å². The maximum atomic E-state index is 11.6. The van der Waals surface area contributed by atoms with E-state index in [9.17, 15) is 9.59 Å². The van der Waals surface area contributed by atoms with Gasteiger partial charge < -0.3 is 14.3 Å². The molecule has 0 aliphatic heterocycles. The van der Waals surface area contributed by atoms with Crippen LogP contribution >= 0.6 is 0 Å². The van der Waals surface area contributed by atoms with Gasteiger partial charge in [-0.3, -0.25) is 4.79 Å². The lowest BCUT2D eigenvalue weighted by Crippen LogP contribution is -2.11. The summed E-state index contributed by atoms with van der Waals surface area (Å²) in [4.78, 5) is 22.4. The van der Waals surface area contributed by atoms with E-state index in [0.717, 1.165) is 0 Å². The van der Waals surface area contributed by atoms with E-state index in [2.05, 4.69) is 0 Å². The van der Waals surface area contributed by atoms with Crippen LogP contribution in [-0.2, 0) is 11.2 Å².